The van der Waals surface area contributed by atoms with Gasteiger partial charge in [0, 0.05) is 0 Å². The van der Waals surface area contributed by atoms with Crippen LogP contribution in [0.3, 0.4) is 0 Å². The Bertz CT molecular complexity index is 566. The highest BCUT2D eigenvalue weighted by Gasteiger charge is 2.31. The van der Waals surface area contributed by atoms with Gasteiger partial charge in [0.25, 0.3) is 0 Å². The lowest BCUT2D eigenvalue weighted by Gasteiger charge is -2.19. The predicted octanol–water partition coefficient (Wildman–Crippen LogP) is -0.148. The molecule has 0 spiro atoms. The molecule has 0 atom stereocenters. The first-order chi connectivity index (χ1) is 10.2. The van der Waals surface area contributed by atoms with E-state index in [1.54, 1.807) is 0 Å². The third kappa shape index (κ3) is 4.03. The number of anilines is 2. The average Bonchev–Trinajstić information content (AvgIpc) is 2.41. The molecule has 12 heteroatoms. The standard InChI is InChI=1S/C10H10N4O8/c15-9(16)5-11(13(19)20)7-3-1-2-4-8(7)12(14(21)22)6-10(17)18/h1-4H,5-6H2,(H,15,16)(H,17,18). The molecule has 12 nitrogen and oxygen atoms in total. The molecule has 0 unspecified atom stereocenters. The topological polar surface area (TPSA) is 167 Å². The van der Waals surface area contributed by atoms with Gasteiger partial charge in [-0.3, -0.25) is 9.59 Å². The Balaban J connectivity index is 3.36. The zero-order chi connectivity index (χ0) is 16.9. The molecule has 0 radical (unpaired) electrons. The minimum atomic E-state index is -1.53. The third-order valence-corrected chi connectivity index (χ3v) is 2.40. The summed E-state index contributed by atoms with van der Waals surface area (Å²) in [4.78, 5) is 43.3. The Morgan fingerprint density at radius 2 is 1.23 bits per heavy atom. The van der Waals surface area contributed by atoms with Crippen molar-refractivity contribution in [1.29, 1.82) is 0 Å². The molecular weight excluding hydrogens is 304 g/mol. The van der Waals surface area contributed by atoms with Gasteiger partial charge >= 0.3 is 11.9 Å². The van der Waals surface area contributed by atoms with Crippen LogP contribution in [-0.4, -0.2) is 45.3 Å². The van der Waals surface area contributed by atoms with Gasteiger partial charge in [-0.2, -0.15) is 0 Å². The van der Waals surface area contributed by atoms with Crippen molar-refractivity contribution in [3.05, 3.63) is 44.5 Å². The summed E-state index contributed by atoms with van der Waals surface area (Å²) in [6, 6.07) is 4.77. The normalized spacial score (nSPS) is 9.82. The van der Waals surface area contributed by atoms with E-state index in [0.717, 1.165) is 12.1 Å². The van der Waals surface area contributed by atoms with Crippen LogP contribution in [0.5, 0.6) is 0 Å². The minimum Gasteiger partial charge on any atom is -0.480 e. The van der Waals surface area contributed by atoms with Crippen molar-refractivity contribution in [3.8, 4) is 0 Å². The maximum absolute atomic E-state index is 11.0. The largest absolute Gasteiger partial charge is 0.480 e. The highest BCUT2D eigenvalue weighted by Crippen LogP contribution is 2.29. The average molecular weight is 314 g/mol. The van der Waals surface area contributed by atoms with Gasteiger partial charge in [0.15, 0.2) is 23.2 Å². The lowest BCUT2D eigenvalue weighted by molar-refractivity contribution is -0.497. The second-order valence-corrected chi connectivity index (χ2v) is 3.87. The van der Waals surface area contributed by atoms with E-state index in [2.05, 4.69) is 0 Å². The molecule has 0 aromatic heterocycles. The molecule has 0 saturated heterocycles. The number of hydrazine groups is 2. The second kappa shape index (κ2) is 6.83. The van der Waals surface area contributed by atoms with E-state index >= 15 is 0 Å². The van der Waals surface area contributed by atoms with Gasteiger partial charge in [0.05, 0.1) is 0 Å². The van der Waals surface area contributed by atoms with Crippen LogP contribution in [0.2, 0.25) is 0 Å². The molecule has 0 bridgehead atoms. The molecule has 0 aliphatic heterocycles. The van der Waals surface area contributed by atoms with Crippen LogP contribution in [0.15, 0.2) is 24.3 Å². The van der Waals surface area contributed by atoms with Crippen molar-refractivity contribution in [2.24, 2.45) is 0 Å². The fourth-order valence-corrected chi connectivity index (χ4v) is 1.62. The van der Waals surface area contributed by atoms with E-state index < -0.39 is 46.5 Å². The summed E-state index contributed by atoms with van der Waals surface area (Å²) in [6.45, 7) is -2.11. The zero-order valence-corrected chi connectivity index (χ0v) is 10.9. The summed E-state index contributed by atoms with van der Waals surface area (Å²) in [5, 5.41) is 37.6. The monoisotopic (exact) mass is 314 g/mol. The van der Waals surface area contributed by atoms with Crippen molar-refractivity contribution in [1.82, 2.24) is 0 Å². The van der Waals surface area contributed by atoms with Crippen molar-refractivity contribution in [2.75, 3.05) is 23.1 Å². The molecule has 0 saturated carbocycles. The summed E-state index contributed by atoms with van der Waals surface area (Å²) < 4.78 is 0. The van der Waals surface area contributed by atoms with Crippen LogP contribution in [0.25, 0.3) is 0 Å². The van der Waals surface area contributed by atoms with Gasteiger partial charge in [0.2, 0.25) is 0 Å². The number of hydrogen-bond donors (Lipinski definition) is 2. The number of carboxylic acids is 2. The predicted molar refractivity (Wildman–Crippen MR) is 70.4 cm³/mol. The molecule has 2 N–H and O–H groups in total. The first kappa shape index (κ1) is 16.6. The minimum absolute atomic E-state index is 0.177. The van der Waals surface area contributed by atoms with E-state index in [4.69, 9.17) is 10.2 Å². The Kier molecular flexibility index (Phi) is 5.16. The Morgan fingerprint density at radius 3 is 1.45 bits per heavy atom. The number of aliphatic carboxylic acids is 2. The number of para-hydroxylation sites is 2. The molecule has 0 amide bonds. The Hall–Kier alpha value is -3.44. The molecule has 118 valence electrons. The summed E-state index contributed by atoms with van der Waals surface area (Å²) >= 11 is 0. The maximum Gasteiger partial charge on any atom is 0.329 e. The quantitative estimate of drug-likeness (QED) is 0.486. The van der Waals surface area contributed by atoms with Crippen molar-refractivity contribution < 1.29 is 29.9 Å². The van der Waals surface area contributed by atoms with Crippen molar-refractivity contribution >= 4 is 23.3 Å². The van der Waals surface area contributed by atoms with Crippen LogP contribution in [0.1, 0.15) is 0 Å². The highest BCUT2D eigenvalue weighted by atomic mass is 16.7. The zero-order valence-electron chi connectivity index (χ0n) is 10.9. The smallest absolute Gasteiger partial charge is 0.329 e. The number of benzene rings is 1. The highest BCUT2D eigenvalue weighted by molar-refractivity contribution is 5.79. The Morgan fingerprint density at radius 1 is 0.909 bits per heavy atom. The fraction of sp³-hybridized carbons (Fsp3) is 0.200. The number of hydrogen-bond acceptors (Lipinski definition) is 6. The fourth-order valence-electron chi connectivity index (χ4n) is 1.62. The van der Waals surface area contributed by atoms with Crippen LogP contribution < -0.4 is 10.0 Å². The van der Waals surface area contributed by atoms with Crippen molar-refractivity contribution in [2.45, 2.75) is 0 Å². The molecule has 0 heterocycles. The van der Waals surface area contributed by atoms with Crippen LogP contribution >= 0.6 is 0 Å². The van der Waals surface area contributed by atoms with E-state index in [1.807, 2.05) is 0 Å². The van der Waals surface area contributed by atoms with Gasteiger partial charge in [-0.05, 0) is 12.1 Å². The molecule has 0 fully saturated rings. The van der Waals surface area contributed by atoms with Crippen LogP contribution in [0, 0.1) is 20.2 Å². The summed E-state index contributed by atoms with van der Waals surface area (Å²) in [5.41, 5.74) is -0.819. The summed E-state index contributed by atoms with van der Waals surface area (Å²) in [7, 11) is 0. The third-order valence-electron chi connectivity index (χ3n) is 2.40. The molecule has 0 aliphatic rings. The lowest BCUT2D eigenvalue weighted by Crippen LogP contribution is -2.39. The number of rotatable bonds is 8. The maximum atomic E-state index is 11.0. The van der Waals surface area contributed by atoms with Gasteiger partial charge in [-0.25, -0.2) is 20.2 Å². The summed E-state index contributed by atoms with van der Waals surface area (Å²) in [6.07, 6.45) is 0. The molecule has 22 heavy (non-hydrogen) atoms. The van der Waals surface area contributed by atoms with Gasteiger partial charge in [0.1, 0.15) is 11.4 Å². The van der Waals surface area contributed by atoms with E-state index in [1.165, 1.54) is 12.1 Å². The van der Waals surface area contributed by atoms with E-state index in [0.29, 0.717) is 0 Å². The molecule has 1 rings (SSSR count). The van der Waals surface area contributed by atoms with Crippen LogP contribution in [-0.2, 0) is 9.59 Å². The Labute approximate surface area is 122 Å². The van der Waals surface area contributed by atoms with Gasteiger partial charge in [-0.15, -0.1) is 0 Å². The molecule has 0 aliphatic carbocycles. The molecule has 1 aromatic carbocycles. The van der Waals surface area contributed by atoms with Gasteiger partial charge in [-0.1, -0.05) is 22.2 Å². The number of nitro groups is 2. The van der Waals surface area contributed by atoms with E-state index in [-0.39, 0.29) is 10.0 Å². The second-order valence-electron chi connectivity index (χ2n) is 3.87. The number of carbonyl (C=O) groups is 2. The summed E-state index contributed by atoms with van der Waals surface area (Å²) in [5.74, 6) is -3.06. The number of nitrogens with zero attached hydrogens (tertiary/aromatic N) is 4. The molecule has 1 aromatic rings. The van der Waals surface area contributed by atoms with Crippen LogP contribution in [0.4, 0.5) is 11.4 Å². The first-order valence-electron chi connectivity index (χ1n) is 5.60. The number of carboxylic acid groups (broad SMARTS) is 2. The lowest BCUT2D eigenvalue weighted by atomic mass is 10.2. The SMILES string of the molecule is O=C(O)CN(c1ccccc1N(CC(=O)O)[N+](=O)[O-])[N+](=O)[O-]. The molecular formula is C10H10N4O8. The van der Waals surface area contributed by atoms with Gasteiger partial charge < -0.3 is 10.2 Å². The van der Waals surface area contributed by atoms with E-state index in [9.17, 15) is 29.8 Å². The van der Waals surface area contributed by atoms with Crippen molar-refractivity contribution in [3.63, 3.8) is 0 Å². The first-order valence-corrected chi connectivity index (χ1v) is 5.60.